The summed E-state index contributed by atoms with van der Waals surface area (Å²) in [7, 11) is 1.57. The van der Waals surface area contributed by atoms with Gasteiger partial charge in [-0.1, -0.05) is 44.9 Å². The van der Waals surface area contributed by atoms with Gasteiger partial charge in [0, 0.05) is 30.2 Å². The molecule has 0 radical (unpaired) electrons. The monoisotopic (exact) mass is 648 g/mol. The SMILES string of the molecule is CCCC(CCC)N(C(=O)CN1CC(c2ccc3c(c2)OCO3)C(C(=O)O)C1CCOc1ccccc1OC)c1ccc(F)c(C)c1. The summed E-state index contributed by atoms with van der Waals surface area (Å²) in [5.41, 5.74) is 1.93. The third-order valence-corrected chi connectivity index (χ3v) is 9.23. The molecular formula is C37H45FN2O7. The zero-order chi connectivity index (χ0) is 33.5. The number of nitrogens with zero attached hydrogens (tertiary/aromatic N) is 2. The van der Waals surface area contributed by atoms with Crippen molar-refractivity contribution in [1.82, 2.24) is 4.90 Å². The van der Waals surface area contributed by atoms with Gasteiger partial charge in [0.15, 0.2) is 23.0 Å². The van der Waals surface area contributed by atoms with Gasteiger partial charge in [-0.05, 0) is 79.8 Å². The molecule has 0 aliphatic carbocycles. The second-order valence-electron chi connectivity index (χ2n) is 12.3. The van der Waals surface area contributed by atoms with Crippen LogP contribution in [0.15, 0.2) is 60.7 Å². The Balaban J connectivity index is 1.47. The molecule has 0 aromatic heterocycles. The maximum Gasteiger partial charge on any atom is 0.308 e. The maximum atomic E-state index is 14.4. The lowest BCUT2D eigenvalue weighted by atomic mass is 9.84. The number of benzene rings is 3. The second-order valence-corrected chi connectivity index (χ2v) is 12.3. The number of aliphatic carboxylic acids is 1. The van der Waals surface area contributed by atoms with Crippen molar-refractivity contribution < 1.29 is 38.0 Å². The van der Waals surface area contributed by atoms with Crippen molar-refractivity contribution in [2.75, 3.05) is 38.5 Å². The highest BCUT2D eigenvalue weighted by atomic mass is 19.1. The quantitative estimate of drug-likeness (QED) is 0.192. The third kappa shape index (κ3) is 7.64. The van der Waals surface area contributed by atoms with Gasteiger partial charge in [-0.15, -0.1) is 0 Å². The van der Waals surface area contributed by atoms with E-state index in [-0.39, 0.29) is 37.7 Å². The number of likely N-dealkylation sites (tertiary alicyclic amines) is 1. The molecule has 1 saturated heterocycles. The van der Waals surface area contributed by atoms with Crippen LogP contribution < -0.4 is 23.8 Å². The number of carbonyl (C=O) groups excluding carboxylic acids is 1. The number of rotatable bonds is 15. The molecule has 2 aliphatic heterocycles. The van der Waals surface area contributed by atoms with Crippen LogP contribution in [0, 0.1) is 18.7 Å². The van der Waals surface area contributed by atoms with Crippen LogP contribution in [0.3, 0.4) is 0 Å². The smallest absolute Gasteiger partial charge is 0.308 e. The molecule has 5 rings (SSSR count). The van der Waals surface area contributed by atoms with Crippen molar-refractivity contribution in [1.29, 1.82) is 0 Å². The summed E-state index contributed by atoms with van der Waals surface area (Å²) in [6.07, 6.45) is 3.73. The minimum Gasteiger partial charge on any atom is -0.493 e. The Hall–Kier alpha value is -4.31. The Bertz CT molecular complexity index is 1540. The van der Waals surface area contributed by atoms with E-state index in [1.807, 2.05) is 46.2 Å². The third-order valence-electron chi connectivity index (χ3n) is 9.23. The summed E-state index contributed by atoms with van der Waals surface area (Å²) < 4.78 is 37.0. The minimum atomic E-state index is -0.939. The van der Waals surface area contributed by atoms with Crippen molar-refractivity contribution in [3.05, 3.63) is 77.6 Å². The van der Waals surface area contributed by atoms with Crippen molar-refractivity contribution in [2.45, 2.75) is 70.9 Å². The van der Waals surface area contributed by atoms with E-state index in [1.165, 1.54) is 6.07 Å². The first kappa shape index (κ1) is 34.0. The van der Waals surface area contributed by atoms with Crippen LogP contribution in [-0.4, -0.2) is 67.6 Å². The topological polar surface area (TPSA) is 97.8 Å². The Morgan fingerprint density at radius 1 is 1.02 bits per heavy atom. The molecule has 0 spiro atoms. The molecule has 1 N–H and O–H groups in total. The molecule has 3 aromatic carbocycles. The van der Waals surface area contributed by atoms with E-state index >= 15 is 0 Å². The number of methoxy groups -OCH3 is 1. The second kappa shape index (κ2) is 15.5. The molecule has 1 fully saturated rings. The van der Waals surface area contributed by atoms with E-state index in [0.29, 0.717) is 47.2 Å². The number of aryl methyl sites for hydroxylation is 1. The normalized spacial score (nSPS) is 18.8. The predicted octanol–water partition coefficient (Wildman–Crippen LogP) is 6.81. The number of carboxylic acid groups (broad SMARTS) is 1. The number of para-hydroxylation sites is 2. The molecule has 2 aliphatic rings. The van der Waals surface area contributed by atoms with Crippen molar-refractivity contribution in [2.24, 2.45) is 5.92 Å². The minimum absolute atomic E-state index is 0.00447. The van der Waals surface area contributed by atoms with Gasteiger partial charge in [-0.3, -0.25) is 14.5 Å². The van der Waals surface area contributed by atoms with Gasteiger partial charge >= 0.3 is 5.97 Å². The molecule has 47 heavy (non-hydrogen) atoms. The number of carboxylic acids is 1. The molecule has 0 bridgehead atoms. The molecule has 9 nitrogen and oxygen atoms in total. The highest BCUT2D eigenvalue weighted by Gasteiger charge is 2.47. The van der Waals surface area contributed by atoms with Gasteiger partial charge in [-0.25, -0.2) is 4.39 Å². The fourth-order valence-electron chi connectivity index (χ4n) is 7.02. The first-order valence-corrected chi connectivity index (χ1v) is 16.5. The van der Waals surface area contributed by atoms with Crippen LogP contribution in [0.25, 0.3) is 0 Å². The number of fused-ring (bicyclic) bond motifs is 1. The van der Waals surface area contributed by atoms with Gasteiger partial charge in [0.25, 0.3) is 0 Å². The largest absolute Gasteiger partial charge is 0.493 e. The van der Waals surface area contributed by atoms with Crippen molar-refractivity contribution in [3.8, 4) is 23.0 Å². The first-order valence-electron chi connectivity index (χ1n) is 16.5. The number of hydrogen-bond acceptors (Lipinski definition) is 7. The lowest BCUT2D eigenvalue weighted by Crippen LogP contribution is -2.48. The molecule has 10 heteroatoms. The standard InChI is InChI=1S/C37H45FN2O7/c1-5-9-26(10-6-2)40(27-14-15-29(38)24(3)19-27)35(41)22-39-21-28(25-13-16-33-34(20-25)47-23-46-33)36(37(42)43)30(39)17-18-45-32-12-8-7-11-31(32)44-4/h7-8,11-16,19-20,26,28,30,36H,5-6,9-10,17-18,21-23H2,1-4H3,(H,42,43). The maximum absolute atomic E-state index is 14.4. The lowest BCUT2D eigenvalue weighted by molar-refractivity contribution is -0.143. The average molecular weight is 649 g/mol. The molecule has 252 valence electrons. The molecule has 1 amide bonds. The number of halogens is 1. The predicted molar refractivity (Wildman–Crippen MR) is 177 cm³/mol. The summed E-state index contributed by atoms with van der Waals surface area (Å²) in [6, 6.07) is 17.1. The molecule has 3 atom stereocenters. The number of hydrogen-bond donors (Lipinski definition) is 1. The van der Waals surface area contributed by atoms with Crippen LogP contribution in [-0.2, 0) is 9.59 Å². The van der Waals surface area contributed by atoms with Crippen molar-refractivity contribution >= 4 is 17.6 Å². The van der Waals surface area contributed by atoms with Gasteiger partial charge in [0.05, 0.1) is 26.2 Å². The van der Waals surface area contributed by atoms with Crippen molar-refractivity contribution in [3.63, 3.8) is 0 Å². The van der Waals surface area contributed by atoms with Crippen LogP contribution in [0.1, 0.15) is 63.0 Å². The van der Waals surface area contributed by atoms with E-state index in [0.717, 1.165) is 31.2 Å². The summed E-state index contributed by atoms with van der Waals surface area (Å²) >= 11 is 0. The van der Waals surface area contributed by atoms with E-state index in [2.05, 4.69) is 13.8 Å². The number of ether oxygens (including phenoxy) is 4. The number of anilines is 1. The first-order chi connectivity index (χ1) is 22.7. The summed E-state index contributed by atoms with van der Waals surface area (Å²) in [4.78, 5) is 31.3. The zero-order valence-corrected chi connectivity index (χ0v) is 27.6. The van der Waals surface area contributed by atoms with Gasteiger partial charge in [-0.2, -0.15) is 0 Å². The zero-order valence-electron chi connectivity index (χ0n) is 27.6. The summed E-state index contributed by atoms with van der Waals surface area (Å²) in [6.45, 7) is 6.57. The fraction of sp³-hybridized carbons (Fsp3) is 0.459. The molecule has 2 heterocycles. The Labute approximate surface area is 276 Å². The Morgan fingerprint density at radius 3 is 2.43 bits per heavy atom. The van der Waals surface area contributed by atoms with Gasteiger partial charge in [0.1, 0.15) is 5.82 Å². The van der Waals surface area contributed by atoms with E-state index in [9.17, 15) is 19.1 Å². The van der Waals surface area contributed by atoms with Crippen LogP contribution in [0.2, 0.25) is 0 Å². The average Bonchev–Trinajstić information content (AvgIpc) is 3.67. The van der Waals surface area contributed by atoms with E-state index in [4.69, 9.17) is 18.9 Å². The molecule has 3 unspecified atom stereocenters. The van der Waals surface area contributed by atoms with Crippen LogP contribution in [0.4, 0.5) is 10.1 Å². The molecule has 0 saturated carbocycles. The number of carbonyl (C=O) groups is 2. The summed E-state index contributed by atoms with van der Waals surface area (Å²) in [5.74, 6) is -0.277. The summed E-state index contributed by atoms with van der Waals surface area (Å²) in [5, 5.41) is 10.7. The molecular weight excluding hydrogens is 603 g/mol. The van der Waals surface area contributed by atoms with Crippen LogP contribution >= 0.6 is 0 Å². The molecule has 3 aromatic rings. The van der Waals surface area contributed by atoms with Gasteiger partial charge in [0.2, 0.25) is 12.7 Å². The Kier molecular flexibility index (Phi) is 11.2. The van der Waals surface area contributed by atoms with E-state index < -0.39 is 23.8 Å². The highest BCUT2D eigenvalue weighted by molar-refractivity contribution is 5.95. The van der Waals surface area contributed by atoms with E-state index in [1.54, 1.807) is 32.2 Å². The Morgan fingerprint density at radius 2 is 1.74 bits per heavy atom. The van der Waals surface area contributed by atoms with Gasteiger partial charge < -0.3 is 29.0 Å². The number of amides is 1. The highest BCUT2D eigenvalue weighted by Crippen LogP contribution is 2.43. The van der Waals surface area contributed by atoms with Crippen LogP contribution in [0.5, 0.6) is 23.0 Å². The lowest BCUT2D eigenvalue weighted by Gasteiger charge is -2.35. The fourth-order valence-corrected chi connectivity index (χ4v) is 7.02.